The molecule has 1 heterocycles. The second-order valence-electron chi connectivity index (χ2n) is 9.74. The number of benzene rings is 2. The minimum atomic E-state index is -4.65. The molecule has 0 fully saturated rings. The van der Waals surface area contributed by atoms with E-state index in [1.807, 2.05) is 26.8 Å². The first-order chi connectivity index (χ1) is 18.4. The number of aryl methyl sites for hydroxylation is 1. The fourth-order valence-corrected chi connectivity index (χ4v) is 4.73. The molecule has 2 atom stereocenters. The quantitative estimate of drug-likeness (QED) is 0.119. The van der Waals surface area contributed by atoms with E-state index in [4.69, 9.17) is 43.6 Å². The maximum atomic E-state index is 14.0. The zero-order valence-corrected chi connectivity index (χ0v) is 23.7. The van der Waals surface area contributed by atoms with Crippen molar-refractivity contribution in [1.29, 1.82) is 5.41 Å². The summed E-state index contributed by atoms with van der Waals surface area (Å²) in [7, 11) is 0. The lowest BCUT2D eigenvalue weighted by Crippen LogP contribution is -2.39. The number of rotatable bonds is 13. The Balaban J connectivity index is 1.81. The van der Waals surface area contributed by atoms with Crippen LogP contribution in [0.4, 0.5) is 13.2 Å². The van der Waals surface area contributed by atoms with Crippen LogP contribution in [0.15, 0.2) is 40.9 Å². The van der Waals surface area contributed by atoms with Crippen LogP contribution in [0.1, 0.15) is 75.8 Å². The normalized spacial score (nSPS) is 14.2. The number of aromatic nitrogens is 2. The molecule has 3 aromatic rings. The van der Waals surface area contributed by atoms with Gasteiger partial charge in [-0.3, -0.25) is 5.41 Å². The first-order valence-corrected chi connectivity index (χ1v) is 13.6. The van der Waals surface area contributed by atoms with Crippen LogP contribution in [0.2, 0.25) is 10.0 Å². The van der Waals surface area contributed by atoms with Crippen molar-refractivity contribution < 1.29 is 22.4 Å². The van der Waals surface area contributed by atoms with Gasteiger partial charge in [0.1, 0.15) is 5.75 Å². The smallest absolute Gasteiger partial charge is 0.419 e. The second kappa shape index (κ2) is 13.0. The average molecular weight is 585 g/mol. The van der Waals surface area contributed by atoms with Gasteiger partial charge in [0.25, 0.3) is 0 Å². The molecule has 0 bridgehead atoms. The van der Waals surface area contributed by atoms with Crippen LogP contribution in [-0.2, 0) is 12.6 Å². The zero-order valence-electron chi connectivity index (χ0n) is 22.2. The van der Waals surface area contributed by atoms with Crippen LogP contribution in [0.3, 0.4) is 0 Å². The molecule has 2 aromatic carbocycles. The Morgan fingerprint density at radius 2 is 1.85 bits per heavy atom. The van der Waals surface area contributed by atoms with Gasteiger partial charge in [0, 0.05) is 11.0 Å². The third-order valence-corrected chi connectivity index (χ3v) is 7.84. The molecule has 0 aliphatic heterocycles. The van der Waals surface area contributed by atoms with Crippen LogP contribution in [0.25, 0.3) is 11.4 Å². The van der Waals surface area contributed by atoms with Crippen molar-refractivity contribution in [3.63, 3.8) is 0 Å². The van der Waals surface area contributed by atoms with Gasteiger partial charge >= 0.3 is 6.18 Å². The van der Waals surface area contributed by atoms with E-state index < -0.39 is 17.2 Å². The maximum Gasteiger partial charge on any atom is 0.419 e. The van der Waals surface area contributed by atoms with Crippen LogP contribution >= 0.6 is 23.2 Å². The maximum absolute atomic E-state index is 14.0. The van der Waals surface area contributed by atoms with E-state index in [1.54, 1.807) is 12.1 Å². The summed E-state index contributed by atoms with van der Waals surface area (Å²) >= 11 is 11.9. The third-order valence-electron chi connectivity index (χ3n) is 7.10. The van der Waals surface area contributed by atoms with E-state index >= 15 is 0 Å². The minimum absolute atomic E-state index is 0.00544. The summed E-state index contributed by atoms with van der Waals surface area (Å²) in [6, 6.07) is 8.94. The number of amidine groups is 1. The minimum Gasteiger partial charge on any atom is -0.493 e. The molecule has 3 rings (SSSR count). The first-order valence-electron chi connectivity index (χ1n) is 12.9. The van der Waals surface area contributed by atoms with Crippen LogP contribution in [0.5, 0.6) is 5.75 Å². The Bertz CT molecular complexity index is 1280. The van der Waals surface area contributed by atoms with E-state index in [0.717, 1.165) is 24.5 Å². The molecular weight excluding hydrogens is 552 g/mol. The van der Waals surface area contributed by atoms with E-state index in [0.29, 0.717) is 35.7 Å². The molecule has 11 heteroatoms. The van der Waals surface area contributed by atoms with Crippen LogP contribution < -0.4 is 10.5 Å². The molecule has 0 aliphatic carbocycles. The van der Waals surface area contributed by atoms with Crippen molar-refractivity contribution in [2.24, 2.45) is 11.1 Å². The summed E-state index contributed by atoms with van der Waals surface area (Å²) in [5.41, 5.74) is 5.35. The highest BCUT2D eigenvalue weighted by Gasteiger charge is 2.40. The topological polar surface area (TPSA) is 98.0 Å². The number of nitrogens with two attached hydrogens (primary N) is 1. The summed E-state index contributed by atoms with van der Waals surface area (Å²) in [5, 5.41) is 13.0. The molecule has 2 unspecified atom stereocenters. The van der Waals surface area contributed by atoms with Crippen LogP contribution in [0, 0.1) is 10.8 Å². The van der Waals surface area contributed by atoms with Crippen molar-refractivity contribution >= 4 is 29.0 Å². The third kappa shape index (κ3) is 7.45. The van der Waals surface area contributed by atoms with Gasteiger partial charge in [0.2, 0.25) is 11.7 Å². The molecule has 0 saturated heterocycles. The molecular formula is C28H33Cl2F3N4O2. The SMILES string of the molecule is CCCCC(c1nc(-c2ccc(OCCCc3ccc(Cl)c(Cl)c3)c(C(F)(F)F)c2)no1)C(C)(CC)C(=N)N. The lowest BCUT2D eigenvalue weighted by Gasteiger charge is -2.33. The van der Waals surface area contributed by atoms with E-state index in [2.05, 4.69) is 10.1 Å². The lowest BCUT2D eigenvalue weighted by atomic mass is 9.71. The summed E-state index contributed by atoms with van der Waals surface area (Å²) in [4.78, 5) is 4.45. The first kappa shape index (κ1) is 30.8. The predicted molar refractivity (Wildman–Crippen MR) is 148 cm³/mol. The molecule has 3 N–H and O–H groups in total. The van der Waals surface area contributed by atoms with Crippen molar-refractivity contribution in [1.82, 2.24) is 10.1 Å². The molecule has 0 spiro atoms. The van der Waals surface area contributed by atoms with Gasteiger partial charge < -0.3 is 15.0 Å². The number of ether oxygens (including phenoxy) is 1. The molecule has 39 heavy (non-hydrogen) atoms. The summed E-state index contributed by atoms with van der Waals surface area (Å²) in [5.74, 6) is -0.313. The molecule has 0 aliphatic rings. The van der Waals surface area contributed by atoms with Crippen LogP contribution in [-0.4, -0.2) is 22.6 Å². The van der Waals surface area contributed by atoms with Gasteiger partial charge in [0.15, 0.2) is 0 Å². The fourth-order valence-electron chi connectivity index (χ4n) is 4.41. The number of nitrogens with zero attached hydrogens (tertiary/aromatic N) is 2. The van der Waals surface area contributed by atoms with Gasteiger partial charge in [-0.1, -0.05) is 68.0 Å². The summed E-state index contributed by atoms with van der Waals surface area (Å²) in [6.07, 6.45) is -0.607. The molecule has 0 radical (unpaired) electrons. The second-order valence-corrected chi connectivity index (χ2v) is 10.6. The van der Waals surface area contributed by atoms with Crippen molar-refractivity contribution in [2.75, 3.05) is 6.61 Å². The van der Waals surface area contributed by atoms with E-state index in [9.17, 15) is 13.2 Å². The van der Waals surface area contributed by atoms with Gasteiger partial charge in [-0.05, 0) is 61.6 Å². The van der Waals surface area contributed by atoms with E-state index in [1.165, 1.54) is 12.1 Å². The highest BCUT2D eigenvalue weighted by atomic mass is 35.5. The van der Waals surface area contributed by atoms with Gasteiger partial charge in [-0.2, -0.15) is 18.2 Å². The number of halogens is 5. The lowest BCUT2D eigenvalue weighted by molar-refractivity contribution is -0.138. The molecule has 212 valence electrons. The number of hydrogen-bond acceptors (Lipinski definition) is 5. The number of unbranched alkanes of at least 4 members (excludes halogenated alkanes) is 1. The fraction of sp³-hybridized carbons (Fsp3) is 0.464. The van der Waals surface area contributed by atoms with Gasteiger partial charge in [-0.25, -0.2) is 0 Å². The summed E-state index contributed by atoms with van der Waals surface area (Å²) in [6.45, 7) is 5.92. The van der Waals surface area contributed by atoms with Gasteiger partial charge in [0.05, 0.1) is 34.0 Å². The Labute approximate surface area is 236 Å². The monoisotopic (exact) mass is 584 g/mol. The highest BCUT2D eigenvalue weighted by molar-refractivity contribution is 6.42. The molecule has 0 saturated carbocycles. The van der Waals surface area contributed by atoms with E-state index in [-0.39, 0.29) is 41.4 Å². The van der Waals surface area contributed by atoms with Crippen molar-refractivity contribution in [2.45, 2.75) is 71.4 Å². The number of alkyl halides is 3. The van der Waals surface area contributed by atoms with Crippen molar-refractivity contribution in [3.05, 3.63) is 63.5 Å². The van der Waals surface area contributed by atoms with Gasteiger partial charge in [-0.15, -0.1) is 0 Å². The Morgan fingerprint density at radius 3 is 2.46 bits per heavy atom. The molecule has 0 amide bonds. The average Bonchev–Trinajstić information content (AvgIpc) is 3.37. The number of hydrogen-bond donors (Lipinski definition) is 2. The number of nitrogens with one attached hydrogen (secondary N) is 1. The Hall–Kier alpha value is -2.78. The predicted octanol–water partition coefficient (Wildman–Crippen LogP) is 8.70. The molecule has 1 aromatic heterocycles. The van der Waals surface area contributed by atoms with Crippen molar-refractivity contribution in [3.8, 4) is 17.1 Å². The Kier molecular flexibility index (Phi) is 10.3. The zero-order chi connectivity index (χ0) is 28.8. The summed E-state index contributed by atoms with van der Waals surface area (Å²) < 4.78 is 52.9. The molecule has 6 nitrogen and oxygen atoms in total. The highest BCUT2D eigenvalue weighted by Crippen LogP contribution is 2.43. The largest absolute Gasteiger partial charge is 0.493 e. The Morgan fingerprint density at radius 1 is 1.10 bits per heavy atom. The standard InChI is InChI=1S/C28H33Cl2F3N4O2/c1-4-6-9-19(27(3,5-2)26(34)35)25-36-24(37-39-25)18-11-13-23(20(16-18)28(31,32)33)38-14-7-8-17-10-12-21(29)22(30)15-17/h10-13,15-16,19H,4-9,14H2,1-3H3,(H3,34,35).